The number of aryl methyl sites for hydroxylation is 1. The van der Waals surface area contributed by atoms with Crippen molar-refractivity contribution in [1.29, 1.82) is 0 Å². The molecule has 144 valence electrons. The Bertz CT molecular complexity index is 780. The lowest BCUT2D eigenvalue weighted by atomic mass is 10.1. The van der Waals surface area contributed by atoms with Crippen LogP contribution < -0.4 is 5.32 Å². The second-order valence-electron chi connectivity index (χ2n) is 6.74. The summed E-state index contributed by atoms with van der Waals surface area (Å²) in [5, 5.41) is 5.15. The van der Waals surface area contributed by atoms with Gasteiger partial charge < -0.3 is 10.1 Å². The van der Waals surface area contributed by atoms with Crippen LogP contribution in [0.25, 0.3) is 0 Å². The molecular weight excluding hydrogens is 362 g/mol. The van der Waals surface area contributed by atoms with Gasteiger partial charge in [0.25, 0.3) is 0 Å². The Morgan fingerprint density at radius 3 is 2.41 bits per heavy atom. The number of hydrogen-bond acceptors (Lipinski definition) is 6. The van der Waals surface area contributed by atoms with Gasteiger partial charge in [0, 0.05) is 32.7 Å². The van der Waals surface area contributed by atoms with E-state index in [9.17, 15) is 9.59 Å². The minimum absolute atomic E-state index is 0.102. The smallest absolute Gasteiger partial charge is 0.340 e. The molecule has 1 aromatic heterocycles. The molecule has 3 rings (SSSR count). The van der Waals surface area contributed by atoms with Crippen LogP contribution in [0.2, 0.25) is 0 Å². The van der Waals surface area contributed by atoms with Crippen molar-refractivity contribution in [3.63, 3.8) is 0 Å². The van der Waals surface area contributed by atoms with Crippen molar-refractivity contribution >= 4 is 28.2 Å². The molecule has 2 aromatic rings. The van der Waals surface area contributed by atoms with Gasteiger partial charge >= 0.3 is 5.97 Å². The SMILES string of the molecule is COC(=O)c1ccsc1NC(=O)CN1CCN(Cc2ccc(C)cc2)CC1. The quantitative estimate of drug-likeness (QED) is 0.772. The van der Waals surface area contributed by atoms with Crippen LogP contribution in [0, 0.1) is 6.92 Å². The highest BCUT2D eigenvalue weighted by Crippen LogP contribution is 2.23. The molecule has 7 heteroatoms. The first kappa shape index (κ1) is 19.5. The van der Waals surface area contributed by atoms with E-state index in [2.05, 4.69) is 46.3 Å². The summed E-state index contributed by atoms with van der Waals surface area (Å²) in [6.45, 7) is 6.95. The molecule has 0 unspecified atom stereocenters. The number of amides is 1. The molecule has 1 aliphatic rings. The molecular formula is C20H25N3O3S. The normalized spacial score (nSPS) is 15.5. The van der Waals surface area contributed by atoms with Crippen LogP contribution in [0.3, 0.4) is 0 Å². The summed E-state index contributed by atoms with van der Waals surface area (Å²) in [5.41, 5.74) is 2.99. The van der Waals surface area contributed by atoms with E-state index < -0.39 is 5.97 Å². The molecule has 1 saturated heterocycles. The van der Waals surface area contributed by atoms with E-state index in [1.54, 1.807) is 11.4 Å². The van der Waals surface area contributed by atoms with Crippen molar-refractivity contribution in [1.82, 2.24) is 9.80 Å². The van der Waals surface area contributed by atoms with Gasteiger partial charge in [0.2, 0.25) is 5.91 Å². The fourth-order valence-corrected chi connectivity index (χ4v) is 3.89. The van der Waals surface area contributed by atoms with Crippen molar-refractivity contribution in [2.24, 2.45) is 0 Å². The lowest BCUT2D eigenvalue weighted by Crippen LogP contribution is -2.48. The highest BCUT2D eigenvalue weighted by molar-refractivity contribution is 7.14. The van der Waals surface area contributed by atoms with Crippen LogP contribution in [0.1, 0.15) is 21.5 Å². The molecule has 0 spiro atoms. The van der Waals surface area contributed by atoms with E-state index in [-0.39, 0.29) is 5.91 Å². The van der Waals surface area contributed by atoms with E-state index in [1.807, 2.05) is 0 Å². The van der Waals surface area contributed by atoms with E-state index in [4.69, 9.17) is 4.74 Å². The number of hydrogen-bond donors (Lipinski definition) is 1. The van der Waals surface area contributed by atoms with Gasteiger partial charge in [0.15, 0.2) is 0 Å². The summed E-state index contributed by atoms with van der Waals surface area (Å²) < 4.78 is 4.73. The van der Waals surface area contributed by atoms with E-state index in [0.717, 1.165) is 32.7 Å². The number of carbonyl (C=O) groups is 2. The molecule has 0 atom stereocenters. The third kappa shape index (κ3) is 5.38. The van der Waals surface area contributed by atoms with Gasteiger partial charge in [-0.3, -0.25) is 14.6 Å². The summed E-state index contributed by atoms with van der Waals surface area (Å²) in [4.78, 5) is 28.6. The van der Waals surface area contributed by atoms with Crippen LogP contribution in [0.4, 0.5) is 5.00 Å². The summed E-state index contributed by atoms with van der Waals surface area (Å²) in [7, 11) is 1.34. The first-order valence-corrected chi connectivity index (χ1v) is 9.89. The van der Waals surface area contributed by atoms with Gasteiger partial charge in [-0.05, 0) is 23.9 Å². The largest absolute Gasteiger partial charge is 0.465 e. The number of benzene rings is 1. The molecule has 0 saturated carbocycles. The molecule has 6 nitrogen and oxygen atoms in total. The zero-order chi connectivity index (χ0) is 19.2. The number of ether oxygens (including phenoxy) is 1. The van der Waals surface area contributed by atoms with Gasteiger partial charge in [-0.2, -0.15) is 0 Å². The van der Waals surface area contributed by atoms with Crippen molar-refractivity contribution in [3.05, 3.63) is 52.4 Å². The molecule has 0 radical (unpaired) electrons. The predicted octanol–water partition coefficient (Wildman–Crippen LogP) is 2.60. The maximum atomic E-state index is 12.3. The Hall–Kier alpha value is -2.22. The Labute approximate surface area is 163 Å². The summed E-state index contributed by atoms with van der Waals surface area (Å²) >= 11 is 1.33. The Balaban J connectivity index is 1.45. The van der Waals surface area contributed by atoms with Crippen LogP contribution in [-0.2, 0) is 16.1 Å². The standard InChI is InChI=1S/C20H25N3O3S/c1-15-3-5-16(6-4-15)13-22-8-10-23(11-9-22)14-18(24)21-19-17(7-12-27-19)20(25)26-2/h3-7,12H,8-11,13-14H2,1-2H3,(H,21,24). The van der Waals surface area contributed by atoms with Gasteiger partial charge in [0.05, 0.1) is 19.2 Å². The Morgan fingerprint density at radius 1 is 1.07 bits per heavy atom. The molecule has 1 amide bonds. The van der Waals surface area contributed by atoms with E-state index >= 15 is 0 Å². The van der Waals surface area contributed by atoms with E-state index in [0.29, 0.717) is 17.1 Å². The monoisotopic (exact) mass is 387 g/mol. The van der Waals surface area contributed by atoms with Crippen LogP contribution in [0.5, 0.6) is 0 Å². The second kappa shape index (κ2) is 9.12. The Morgan fingerprint density at radius 2 is 1.74 bits per heavy atom. The molecule has 1 aliphatic heterocycles. The average Bonchev–Trinajstić information content (AvgIpc) is 3.12. The van der Waals surface area contributed by atoms with Gasteiger partial charge in [-0.15, -0.1) is 11.3 Å². The molecule has 1 aromatic carbocycles. The number of rotatable bonds is 6. The fraction of sp³-hybridized carbons (Fsp3) is 0.400. The average molecular weight is 388 g/mol. The summed E-state index contributed by atoms with van der Waals surface area (Å²) in [5.74, 6) is -0.536. The number of nitrogens with zero attached hydrogens (tertiary/aromatic N) is 2. The second-order valence-corrected chi connectivity index (χ2v) is 7.66. The van der Waals surface area contributed by atoms with E-state index in [1.165, 1.54) is 29.6 Å². The minimum Gasteiger partial charge on any atom is -0.465 e. The molecule has 27 heavy (non-hydrogen) atoms. The maximum Gasteiger partial charge on any atom is 0.340 e. The third-order valence-electron chi connectivity index (χ3n) is 4.68. The number of carbonyl (C=O) groups excluding carboxylic acids is 2. The molecule has 0 aliphatic carbocycles. The summed E-state index contributed by atoms with van der Waals surface area (Å²) in [6.07, 6.45) is 0. The predicted molar refractivity (Wildman–Crippen MR) is 107 cm³/mol. The molecule has 1 N–H and O–H groups in total. The first-order valence-electron chi connectivity index (χ1n) is 9.01. The Kier molecular flexibility index (Phi) is 6.60. The van der Waals surface area contributed by atoms with Crippen LogP contribution in [-0.4, -0.2) is 61.5 Å². The highest BCUT2D eigenvalue weighted by Gasteiger charge is 2.21. The minimum atomic E-state index is -0.434. The lowest BCUT2D eigenvalue weighted by Gasteiger charge is -2.34. The van der Waals surface area contributed by atoms with Crippen molar-refractivity contribution in [2.45, 2.75) is 13.5 Å². The number of thiophene rings is 1. The summed E-state index contributed by atoms with van der Waals surface area (Å²) in [6, 6.07) is 10.3. The number of anilines is 1. The topological polar surface area (TPSA) is 61.9 Å². The zero-order valence-corrected chi connectivity index (χ0v) is 16.6. The van der Waals surface area contributed by atoms with Gasteiger partial charge in [-0.25, -0.2) is 4.79 Å². The fourth-order valence-electron chi connectivity index (χ4n) is 3.10. The molecule has 0 bridgehead atoms. The number of methoxy groups -OCH3 is 1. The third-order valence-corrected chi connectivity index (χ3v) is 5.51. The maximum absolute atomic E-state index is 12.3. The molecule has 1 fully saturated rings. The van der Waals surface area contributed by atoms with Crippen LogP contribution >= 0.6 is 11.3 Å². The number of piperazine rings is 1. The molecule has 2 heterocycles. The van der Waals surface area contributed by atoms with Crippen molar-refractivity contribution in [2.75, 3.05) is 45.2 Å². The van der Waals surface area contributed by atoms with Gasteiger partial charge in [0.1, 0.15) is 5.00 Å². The highest BCUT2D eigenvalue weighted by atomic mass is 32.1. The van der Waals surface area contributed by atoms with Crippen molar-refractivity contribution < 1.29 is 14.3 Å². The van der Waals surface area contributed by atoms with Gasteiger partial charge in [-0.1, -0.05) is 29.8 Å². The van der Waals surface area contributed by atoms with Crippen molar-refractivity contribution in [3.8, 4) is 0 Å². The number of nitrogens with one attached hydrogen (secondary N) is 1. The first-order chi connectivity index (χ1) is 13.0. The zero-order valence-electron chi connectivity index (χ0n) is 15.7. The lowest BCUT2D eigenvalue weighted by molar-refractivity contribution is -0.117. The van der Waals surface area contributed by atoms with Crippen LogP contribution in [0.15, 0.2) is 35.7 Å². The number of esters is 1.